The molecule has 5 heteroatoms. The highest BCUT2D eigenvalue weighted by Crippen LogP contribution is 2.38. The van der Waals surface area contributed by atoms with Gasteiger partial charge >= 0.3 is 5.97 Å². The molecule has 1 saturated heterocycles. The molecule has 1 aliphatic carbocycles. The van der Waals surface area contributed by atoms with Crippen LogP contribution in [0.1, 0.15) is 32.1 Å². The molecule has 0 N–H and O–H groups in total. The van der Waals surface area contributed by atoms with Gasteiger partial charge in [0.2, 0.25) is 11.8 Å². The number of carbonyl (C=O) groups is 3. The summed E-state index contributed by atoms with van der Waals surface area (Å²) >= 11 is 0. The fraction of sp³-hybridized carbons (Fsp3) is 0.381. The van der Waals surface area contributed by atoms with E-state index in [1.165, 1.54) is 4.90 Å². The topological polar surface area (TPSA) is 63.7 Å². The second-order valence-corrected chi connectivity index (χ2v) is 7.03. The van der Waals surface area contributed by atoms with Crippen LogP contribution >= 0.6 is 0 Å². The smallest absolute Gasteiger partial charge is 0.313 e. The number of ether oxygens (including phenoxy) is 1. The standard InChI is InChI=1S/C21H21NO4/c23-19(26-18-11-5-7-14-6-1-2-8-15(14)18)12-13-22-20(24)16-9-3-4-10-17(16)21(22)25/h1-2,5-8,11,16-17H,3-4,9-10,12-13H2/t16-,17-/m1/s1. The Morgan fingerprint density at radius 3 is 2.35 bits per heavy atom. The lowest BCUT2D eigenvalue weighted by atomic mass is 9.81. The van der Waals surface area contributed by atoms with Gasteiger partial charge in [-0.25, -0.2) is 0 Å². The Kier molecular flexibility index (Phi) is 4.45. The van der Waals surface area contributed by atoms with Crippen molar-refractivity contribution in [3.05, 3.63) is 42.5 Å². The predicted octanol–water partition coefficient (Wildman–Crippen LogP) is 3.31. The van der Waals surface area contributed by atoms with E-state index >= 15 is 0 Å². The molecule has 0 spiro atoms. The van der Waals surface area contributed by atoms with Gasteiger partial charge in [0.15, 0.2) is 0 Å². The molecule has 0 radical (unpaired) electrons. The van der Waals surface area contributed by atoms with Crippen LogP contribution in [0.15, 0.2) is 42.5 Å². The summed E-state index contributed by atoms with van der Waals surface area (Å²) in [6, 6.07) is 13.2. The molecular weight excluding hydrogens is 330 g/mol. The molecule has 4 rings (SSSR count). The molecular formula is C21H21NO4. The van der Waals surface area contributed by atoms with Crippen molar-refractivity contribution in [1.29, 1.82) is 0 Å². The van der Waals surface area contributed by atoms with Crippen molar-refractivity contribution in [2.45, 2.75) is 32.1 Å². The van der Waals surface area contributed by atoms with Crippen LogP contribution in [-0.4, -0.2) is 29.2 Å². The summed E-state index contributed by atoms with van der Waals surface area (Å²) in [6.07, 6.45) is 3.58. The number of imide groups is 1. The van der Waals surface area contributed by atoms with Crippen LogP contribution in [0, 0.1) is 11.8 Å². The molecule has 1 heterocycles. The van der Waals surface area contributed by atoms with Gasteiger partial charge < -0.3 is 4.74 Å². The third kappa shape index (κ3) is 2.98. The third-order valence-corrected chi connectivity index (χ3v) is 5.45. The molecule has 5 nitrogen and oxygen atoms in total. The molecule has 26 heavy (non-hydrogen) atoms. The van der Waals surface area contributed by atoms with Crippen molar-refractivity contribution in [3.63, 3.8) is 0 Å². The lowest BCUT2D eigenvalue weighted by molar-refractivity contribution is -0.141. The molecule has 2 fully saturated rings. The SMILES string of the molecule is O=C(CCN1C(=O)[C@@H]2CCCC[C@H]2C1=O)Oc1cccc2ccccc12. The molecule has 2 aliphatic rings. The average Bonchev–Trinajstić information content (AvgIpc) is 2.91. The maximum Gasteiger partial charge on any atom is 0.313 e. The number of fused-ring (bicyclic) bond motifs is 2. The summed E-state index contributed by atoms with van der Waals surface area (Å²) in [5.74, 6) is -0.510. The first kappa shape index (κ1) is 16.8. The zero-order valence-electron chi connectivity index (χ0n) is 14.5. The summed E-state index contributed by atoms with van der Waals surface area (Å²) in [5, 5.41) is 1.86. The molecule has 2 aromatic carbocycles. The Morgan fingerprint density at radius 1 is 0.962 bits per heavy atom. The number of esters is 1. The van der Waals surface area contributed by atoms with Gasteiger partial charge in [0, 0.05) is 11.9 Å². The average molecular weight is 351 g/mol. The summed E-state index contributed by atoms with van der Waals surface area (Å²) < 4.78 is 5.49. The van der Waals surface area contributed by atoms with E-state index in [4.69, 9.17) is 4.74 Å². The van der Waals surface area contributed by atoms with Gasteiger partial charge in [-0.05, 0) is 24.3 Å². The second-order valence-electron chi connectivity index (χ2n) is 7.03. The number of nitrogens with zero attached hydrogens (tertiary/aromatic N) is 1. The summed E-state index contributed by atoms with van der Waals surface area (Å²) in [5.41, 5.74) is 0. The van der Waals surface area contributed by atoms with Crippen LogP contribution in [-0.2, 0) is 14.4 Å². The Hall–Kier alpha value is -2.69. The summed E-state index contributed by atoms with van der Waals surface area (Å²) in [4.78, 5) is 38.4. The van der Waals surface area contributed by atoms with Gasteiger partial charge in [-0.2, -0.15) is 0 Å². The molecule has 2 atom stereocenters. The maximum absolute atomic E-state index is 12.4. The number of hydrogen-bond donors (Lipinski definition) is 0. The quantitative estimate of drug-likeness (QED) is 0.482. The zero-order chi connectivity index (χ0) is 18.1. The number of carbonyl (C=O) groups excluding carboxylic acids is 3. The first-order valence-corrected chi connectivity index (χ1v) is 9.19. The van der Waals surface area contributed by atoms with Crippen molar-refractivity contribution in [1.82, 2.24) is 4.90 Å². The Morgan fingerprint density at radius 2 is 1.62 bits per heavy atom. The molecule has 0 aromatic heterocycles. The van der Waals surface area contributed by atoms with E-state index in [0.717, 1.165) is 36.5 Å². The van der Waals surface area contributed by atoms with Crippen molar-refractivity contribution < 1.29 is 19.1 Å². The van der Waals surface area contributed by atoms with Crippen LogP contribution in [0.2, 0.25) is 0 Å². The van der Waals surface area contributed by atoms with Gasteiger partial charge in [-0.15, -0.1) is 0 Å². The number of benzene rings is 2. The number of likely N-dealkylation sites (tertiary alicyclic amines) is 1. The van der Waals surface area contributed by atoms with Crippen molar-refractivity contribution in [2.24, 2.45) is 11.8 Å². The highest BCUT2D eigenvalue weighted by molar-refractivity contribution is 6.05. The van der Waals surface area contributed by atoms with Gasteiger partial charge in [0.05, 0.1) is 18.3 Å². The van der Waals surface area contributed by atoms with Gasteiger partial charge in [0.25, 0.3) is 0 Å². The minimum absolute atomic E-state index is 0.0140. The second kappa shape index (κ2) is 6.90. The first-order valence-electron chi connectivity index (χ1n) is 9.19. The molecule has 1 aliphatic heterocycles. The Labute approximate surface area is 151 Å². The lowest BCUT2D eigenvalue weighted by Crippen LogP contribution is -2.33. The van der Waals surface area contributed by atoms with Gasteiger partial charge in [-0.1, -0.05) is 49.2 Å². The van der Waals surface area contributed by atoms with Gasteiger partial charge in [0.1, 0.15) is 5.75 Å². The van der Waals surface area contributed by atoms with Crippen LogP contribution in [0.5, 0.6) is 5.75 Å². The third-order valence-electron chi connectivity index (χ3n) is 5.45. The van der Waals surface area contributed by atoms with E-state index in [2.05, 4.69) is 0 Å². The molecule has 1 saturated carbocycles. The minimum atomic E-state index is -0.433. The van der Waals surface area contributed by atoms with Crippen molar-refractivity contribution in [2.75, 3.05) is 6.54 Å². The maximum atomic E-state index is 12.4. The molecule has 134 valence electrons. The normalized spacial score (nSPS) is 22.5. The van der Waals surface area contributed by atoms with Crippen LogP contribution in [0.3, 0.4) is 0 Å². The van der Waals surface area contributed by atoms with Gasteiger partial charge in [-0.3, -0.25) is 19.3 Å². The Bertz CT molecular complexity index is 846. The van der Waals surface area contributed by atoms with Crippen molar-refractivity contribution >= 4 is 28.6 Å². The number of hydrogen-bond acceptors (Lipinski definition) is 4. The monoisotopic (exact) mass is 351 g/mol. The summed E-state index contributed by atoms with van der Waals surface area (Å²) in [6.45, 7) is 0.105. The molecule has 0 bridgehead atoms. The Balaban J connectivity index is 1.41. The van der Waals surface area contributed by atoms with Crippen molar-refractivity contribution in [3.8, 4) is 5.75 Å². The molecule has 2 aromatic rings. The van der Waals surface area contributed by atoms with E-state index in [0.29, 0.717) is 5.75 Å². The van der Waals surface area contributed by atoms with E-state index in [9.17, 15) is 14.4 Å². The fourth-order valence-electron chi connectivity index (χ4n) is 4.11. The zero-order valence-corrected chi connectivity index (χ0v) is 14.5. The van der Waals surface area contributed by atoms with E-state index in [-0.39, 0.29) is 36.6 Å². The first-order chi connectivity index (χ1) is 12.6. The minimum Gasteiger partial charge on any atom is -0.426 e. The highest BCUT2D eigenvalue weighted by Gasteiger charge is 2.47. The fourth-order valence-corrected chi connectivity index (χ4v) is 4.11. The highest BCUT2D eigenvalue weighted by atomic mass is 16.5. The van der Waals surface area contributed by atoms with E-state index in [1.54, 1.807) is 6.07 Å². The lowest BCUT2D eigenvalue weighted by Gasteiger charge is -2.19. The largest absolute Gasteiger partial charge is 0.426 e. The predicted molar refractivity (Wildman–Crippen MR) is 96.4 cm³/mol. The van der Waals surface area contributed by atoms with E-state index < -0.39 is 5.97 Å². The molecule has 2 amide bonds. The van der Waals surface area contributed by atoms with E-state index in [1.807, 2.05) is 36.4 Å². The number of rotatable bonds is 4. The van der Waals surface area contributed by atoms with Crippen LogP contribution < -0.4 is 4.74 Å². The molecule has 0 unspecified atom stereocenters. The van der Waals surface area contributed by atoms with Crippen LogP contribution in [0.4, 0.5) is 0 Å². The summed E-state index contributed by atoms with van der Waals surface area (Å²) in [7, 11) is 0. The number of amides is 2. The van der Waals surface area contributed by atoms with Crippen LogP contribution in [0.25, 0.3) is 10.8 Å².